The second-order valence-corrected chi connectivity index (χ2v) is 3.85. The van der Waals surface area contributed by atoms with Crippen molar-refractivity contribution in [2.24, 2.45) is 10.7 Å². The van der Waals surface area contributed by atoms with E-state index < -0.39 is 5.91 Å². The molecular formula is C14H12N2O3. The normalized spacial score (nSPS) is 10.7. The maximum atomic E-state index is 11.2. The molecule has 5 nitrogen and oxygen atoms in total. The Morgan fingerprint density at radius 1 is 1.11 bits per heavy atom. The van der Waals surface area contributed by atoms with Gasteiger partial charge in [-0.2, -0.15) is 0 Å². The van der Waals surface area contributed by atoms with Crippen molar-refractivity contribution in [2.45, 2.75) is 0 Å². The number of primary amides is 1. The topological polar surface area (TPSA) is 95.9 Å². The van der Waals surface area contributed by atoms with Crippen molar-refractivity contribution in [1.82, 2.24) is 0 Å². The number of para-hydroxylation sites is 2. The molecule has 0 aliphatic rings. The van der Waals surface area contributed by atoms with Gasteiger partial charge in [-0.05, 0) is 24.3 Å². The number of nitrogens with zero attached hydrogens (tertiary/aromatic N) is 1. The second kappa shape index (κ2) is 5.22. The lowest BCUT2D eigenvalue weighted by molar-refractivity contribution is 0.100. The van der Waals surface area contributed by atoms with Crippen LogP contribution in [0.3, 0.4) is 0 Å². The largest absolute Gasteiger partial charge is 0.504 e. The van der Waals surface area contributed by atoms with Crippen LogP contribution < -0.4 is 5.73 Å². The van der Waals surface area contributed by atoms with Crippen LogP contribution in [0.25, 0.3) is 0 Å². The Balaban J connectivity index is 2.38. The lowest BCUT2D eigenvalue weighted by Crippen LogP contribution is -2.10. The highest BCUT2D eigenvalue weighted by Crippen LogP contribution is 2.27. The number of phenols is 2. The van der Waals surface area contributed by atoms with Gasteiger partial charge in [-0.15, -0.1) is 0 Å². The van der Waals surface area contributed by atoms with E-state index >= 15 is 0 Å². The Bertz CT molecular complexity index is 651. The quantitative estimate of drug-likeness (QED) is 0.578. The number of hydrogen-bond donors (Lipinski definition) is 3. The monoisotopic (exact) mass is 256 g/mol. The summed E-state index contributed by atoms with van der Waals surface area (Å²) in [4.78, 5) is 15.3. The predicted octanol–water partition coefficient (Wildman–Crippen LogP) is 1.95. The summed E-state index contributed by atoms with van der Waals surface area (Å²) < 4.78 is 0. The molecule has 2 aromatic carbocycles. The van der Waals surface area contributed by atoms with Gasteiger partial charge < -0.3 is 15.9 Å². The summed E-state index contributed by atoms with van der Waals surface area (Å²) in [5, 5.41) is 19.0. The van der Waals surface area contributed by atoms with Gasteiger partial charge >= 0.3 is 0 Å². The molecule has 0 aliphatic carbocycles. The first-order valence-corrected chi connectivity index (χ1v) is 5.53. The standard InChI is InChI=1S/C14H12N2O3/c15-14(19)10-5-1-2-6-11(10)16-8-9-4-3-7-12(17)13(9)18/h1-8,17-18H,(H2,15,19)/b16-8+. The van der Waals surface area contributed by atoms with Gasteiger partial charge in [0.25, 0.3) is 5.91 Å². The number of aliphatic imine (C=N–C) groups is 1. The minimum absolute atomic E-state index is 0.230. The highest BCUT2D eigenvalue weighted by atomic mass is 16.3. The zero-order valence-electron chi connectivity index (χ0n) is 9.95. The molecule has 0 aromatic heterocycles. The molecule has 4 N–H and O–H groups in total. The number of amides is 1. The number of rotatable bonds is 3. The number of phenolic OH excluding ortho intramolecular Hbond substituents is 2. The van der Waals surface area contributed by atoms with Crippen molar-refractivity contribution < 1.29 is 15.0 Å². The SMILES string of the molecule is NC(=O)c1ccccc1/N=C/c1cccc(O)c1O. The third kappa shape index (κ3) is 2.71. The number of carbonyl (C=O) groups excluding carboxylic acids is 1. The van der Waals surface area contributed by atoms with E-state index in [1.165, 1.54) is 12.3 Å². The second-order valence-electron chi connectivity index (χ2n) is 3.85. The van der Waals surface area contributed by atoms with Crippen molar-refractivity contribution in [3.8, 4) is 11.5 Å². The van der Waals surface area contributed by atoms with Gasteiger partial charge in [-0.25, -0.2) is 0 Å². The molecule has 19 heavy (non-hydrogen) atoms. The minimum Gasteiger partial charge on any atom is -0.504 e. The number of aromatic hydroxyl groups is 2. The summed E-state index contributed by atoms with van der Waals surface area (Å²) >= 11 is 0. The highest BCUT2D eigenvalue weighted by molar-refractivity contribution is 5.99. The molecule has 0 saturated heterocycles. The molecule has 0 spiro atoms. The third-order valence-corrected chi connectivity index (χ3v) is 2.56. The fourth-order valence-corrected chi connectivity index (χ4v) is 1.59. The number of benzene rings is 2. The number of carbonyl (C=O) groups is 1. The molecule has 1 amide bonds. The summed E-state index contributed by atoms with van der Waals surface area (Å²) in [6, 6.07) is 11.1. The highest BCUT2D eigenvalue weighted by Gasteiger charge is 2.06. The van der Waals surface area contributed by atoms with Gasteiger partial charge in [0.1, 0.15) is 0 Å². The first-order valence-electron chi connectivity index (χ1n) is 5.53. The summed E-state index contributed by atoms with van der Waals surface area (Å²) in [6.07, 6.45) is 1.36. The average Bonchev–Trinajstić information content (AvgIpc) is 2.40. The van der Waals surface area contributed by atoms with Crippen LogP contribution in [-0.2, 0) is 0 Å². The van der Waals surface area contributed by atoms with Crippen LogP contribution >= 0.6 is 0 Å². The van der Waals surface area contributed by atoms with Gasteiger partial charge in [-0.3, -0.25) is 9.79 Å². The zero-order chi connectivity index (χ0) is 13.8. The van der Waals surface area contributed by atoms with Gasteiger partial charge in [0.05, 0.1) is 11.3 Å². The summed E-state index contributed by atoms with van der Waals surface area (Å²) in [5.41, 5.74) is 6.27. The van der Waals surface area contributed by atoms with E-state index in [-0.39, 0.29) is 11.5 Å². The molecule has 0 radical (unpaired) electrons. The molecule has 96 valence electrons. The lowest BCUT2D eigenvalue weighted by atomic mass is 10.1. The third-order valence-electron chi connectivity index (χ3n) is 2.56. The fourth-order valence-electron chi connectivity index (χ4n) is 1.59. The first-order chi connectivity index (χ1) is 9.09. The Hall–Kier alpha value is -2.82. The van der Waals surface area contributed by atoms with E-state index in [4.69, 9.17) is 5.73 Å². The van der Waals surface area contributed by atoms with Crippen LogP contribution in [-0.4, -0.2) is 22.3 Å². The summed E-state index contributed by atoms with van der Waals surface area (Å²) in [7, 11) is 0. The minimum atomic E-state index is -0.576. The van der Waals surface area contributed by atoms with E-state index in [0.29, 0.717) is 16.8 Å². The van der Waals surface area contributed by atoms with Crippen LogP contribution in [0.4, 0.5) is 5.69 Å². The smallest absolute Gasteiger partial charge is 0.250 e. The zero-order valence-corrected chi connectivity index (χ0v) is 9.95. The van der Waals surface area contributed by atoms with Gasteiger partial charge in [0.2, 0.25) is 0 Å². The molecule has 0 heterocycles. The van der Waals surface area contributed by atoms with Crippen molar-refractivity contribution >= 4 is 17.8 Å². The Morgan fingerprint density at radius 2 is 1.84 bits per heavy atom. The first kappa shape index (κ1) is 12.6. The number of hydrogen-bond acceptors (Lipinski definition) is 4. The van der Waals surface area contributed by atoms with E-state index in [1.807, 2.05) is 0 Å². The lowest BCUT2D eigenvalue weighted by Gasteiger charge is -2.02. The average molecular weight is 256 g/mol. The molecule has 0 saturated carbocycles. The molecule has 0 unspecified atom stereocenters. The van der Waals surface area contributed by atoms with Crippen LogP contribution in [0.15, 0.2) is 47.5 Å². The maximum Gasteiger partial charge on any atom is 0.250 e. The Kier molecular flexibility index (Phi) is 3.47. The van der Waals surface area contributed by atoms with Gasteiger partial charge in [0, 0.05) is 11.8 Å². The molecule has 0 aliphatic heterocycles. The molecule has 2 aromatic rings. The van der Waals surface area contributed by atoms with Crippen LogP contribution in [0.1, 0.15) is 15.9 Å². The van der Waals surface area contributed by atoms with Gasteiger partial charge in [-0.1, -0.05) is 18.2 Å². The van der Waals surface area contributed by atoms with Crippen molar-refractivity contribution in [3.63, 3.8) is 0 Å². The van der Waals surface area contributed by atoms with Gasteiger partial charge in [0.15, 0.2) is 11.5 Å². The Morgan fingerprint density at radius 3 is 2.58 bits per heavy atom. The molecule has 0 fully saturated rings. The molecule has 0 atom stereocenters. The molecule has 0 bridgehead atoms. The van der Waals surface area contributed by atoms with E-state index in [0.717, 1.165) is 0 Å². The van der Waals surface area contributed by atoms with E-state index in [9.17, 15) is 15.0 Å². The predicted molar refractivity (Wildman–Crippen MR) is 72.0 cm³/mol. The van der Waals surface area contributed by atoms with Crippen LogP contribution in [0.2, 0.25) is 0 Å². The van der Waals surface area contributed by atoms with E-state index in [2.05, 4.69) is 4.99 Å². The van der Waals surface area contributed by atoms with Crippen molar-refractivity contribution in [2.75, 3.05) is 0 Å². The van der Waals surface area contributed by atoms with Crippen molar-refractivity contribution in [3.05, 3.63) is 53.6 Å². The molecule has 5 heteroatoms. The fraction of sp³-hybridized carbons (Fsp3) is 0. The van der Waals surface area contributed by atoms with E-state index in [1.54, 1.807) is 36.4 Å². The van der Waals surface area contributed by atoms with Crippen LogP contribution in [0, 0.1) is 0 Å². The summed E-state index contributed by atoms with van der Waals surface area (Å²) in [6.45, 7) is 0. The molecular weight excluding hydrogens is 244 g/mol. The molecule has 2 rings (SSSR count). The summed E-state index contributed by atoms with van der Waals surface area (Å²) in [5.74, 6) is -1.07. The van der Waals surface area contributed by atoms with Crippen LogP contribution in [0.5, 0.6) is 11.5 Å². The Labute approximate surface area is 109 Å². The maximum absolute atomic E-state index is 11.2. The number of nitrogens with two attached hydrogens (primary N) is 1. The van der Waals surface area contributed by atoms with Crippen molar-refractivity contribution in [1.29, 1.82) is 0 Å².